The van der Waals surface area contributed by atoms with E-state index >= 15 is 0 Å². The SMILES string of the molecule is CCCCCC(/C=C/C=C/CCCCCCCC(=O)OCCO)C1CC(=O)N(CCO)C1=O.CCCCCCCCC(/C=C/CCCCCCC(=O)OCCO)C1CC(=O)N(CCO)C1=O. The standard InChI is InChI=1S/C26H43NO6.C26H45NO6/c1-2-3-11-14-22(23-21-24(30)27(17-18-28)26(23)32)15-12-9-7-5-4-6-8-10-13-16-25(31)33-20-19-29;1-2-3-4-5-8-11-14-22(23-21-24(30)27(17-18-28)26(23)32)15-12-9-6-7-10-13-16-25(31)33-20-19-29/h7,9,12,15,22-23,28-29H,2-6,8,10-11,13-14,16-21H2,1H3;12,15,22-23,28-29H,2-11,13-14,16-21H2,1H3/b9-7+,15-12+;15-12+. The monoisotopic (exact) mass is 933 g/mol. The van der Waals surface area contributed by atoms with Crippen LogP contribution in [0.5, 0.6) is 0 Å². The van der Waals surface area contributed by atoms with E-state index in [9.17, 15) is 28.8 Å². The van der Waals surface area contributed by atoms with E-state index in [-0.39, 0.29) is 125 Å². The molecular weight excluding hydrogens is 845 g/mol. The number of ether oxygens (including phenoxy) is 2. The number of aliphatic hydroxyl groups excluding tert-OH is 4. The van der Waals surface area contributed by atoms with E-state index in [1.807, 2.05) is 12.2 Å². The van der Waals surface area contributed by atoms with Gasteiger partial charge in [0.15, 0.2) is 0 Å². The fourth-order valence-corrected chi connectivity index (χ4v) is 8.47. The Morgan fingerprint density at radius 1 is 0.530 bits per heavy atom. The normalized spacial score (nSPS) is 17.4. The van der Waals surface area contributed by atoms with Crippen LogP contribution < -0.4 is 0 Å². The quantitative estimate of drug-likeness (QED) is 0.0152. The summed E-state index contributed by atoms with van der Waals surface area (Å²) in [6.07, 6.45) is 36.8. The van der Waals surface area contributed by atoms with Crippen molar-refractivity contribution in [2.75, 3.05) is 52.7 Å². The maximum Gasteiger partial charge on any atom is 0.305 e. The largest absolute Gasteiger partial charge is 0.463 e. The summed E-state index contributed by atoms with van der Waals surface area (Å²) in [7, 11) is 0. The number of amides is 4. The zero-order chi connectivity index (χ0) is 48.6. The second kappa shape index (κ2) is 40.4. The van der Waals surface area contributed by atoms with Gasteiger partial charge in [-0.1, -0.05) is 140 Å². The van der Waals surface area contributed by atoms with Crippen molar-refractivity contribution in [2.45, 2.75) is 181 Å². The van der Waals surface area contributed by atoms with E-state index in [2.05, 4.69) is 38.2 Å². The highest BCUT2D eigenvalue weighted by Crippen LogP contribution is 2.33. The van der Waals surface area contributed by atoms with Gasteiger partial charge in [0.1, 0.15) is 13.2 Å². The number of likely N-dealkylation sites (tertiary alicyclic amines) is 2. The Balaban J connectivity index is 0.000000660. The second-order valence-corrected chi connectivity index (χ2v) is 17.6. The van der Waals surface area contributed by atoms with Gasteiger partial charge in [-0.3, -0.25) is 38.6 Å². The van der Waals surface area contributed by atoms with E-state index in [4.69, 9.17) is 29.9 Å². The van der Waals surface area contributed by atoms with E-state index in [0.29, 0.717) is 12.8 Å². The lowest BCUT2D eigenvalue weighted by Gasteiger charge is -2.19. The summed E-state index contributed by atoms with van der Waals surface area (Å²) in [5, 5.41) is 35.5. The number of esters is 2. The zero-order valence-corrected chi connectivity index (χ0v) is 40.8. The van der Waals surface area contributed by atoms with Crippen LogP contribution in [-0.4, -0.2) is 119 Å². The third kappa shape index (κ3) is 27.2. The van der Waals surface area contributed by atoms with E-state index in [0.717, 1.165) is 116 Å². The summed E-state index contributed by atoms with van der Waals surface area (Å²) < 4.78 is 9.67. The summed E-state index contributed by atoms with van der Waals surface area (Å²) in [4.78, 5) is 75.0. The predicted molar refractivity (Wildman–Crippen MR) is 256 cm³/mol. The Kier molecular flexibility index (Phi) is 36.9. The number of aliphatic hydroxyl groups is 4. The zero-order valence-electron chi connectivity index (χ0n) is 40.8. The molecule has 66 heavy (non-hydrogen) atoms. The maximum absolute atomic E-state index is 12.8. The van der Waals surface area contributed by atoms with E-state index in [1.165, 1.54) is 35.5 Å². The van der Waals surface area contributed by atoms with E-state index in [1.54, 1.807) is 0 Å². The van der Waals surface area contributed by atoms with Gasteiger partial charge in [-0.15, -0.1) is 0 Å². The molecule has 2 rings (SSSR count). The Morgan fingerprint density at radius 2 is 0.939 bits per heavy atom. The highest BCUT2D eigenvalue weighted by atomic mass is 16.5. The van der Waals surface area contributed by atoms with Gasteiger partial charge in [-0.25, -0.2) is 0 Å². The average Bonchev–Trinajstić information content (AvgIpc) is 3.75. The van der Waals surface area contributed by atoms with Crippen LogP contribution >= 0.6 is 0 Å². The van der Waals surface area contributed by atoms with Crippen LogP contribution in [0.15, 0.2) is 36.5 Å². The fraction of sp³-hybridized carbons (Fsp3) is 0.769. The summed E-state index contributed by atoms with van der Waals surface area (Å²) in [5.74, 6) is -1.63. The molecule has 4 atom stereocenters. The highest BCUT2D eigenvalue weighted by Gasteiger charge is 2.42. The molecule has 0 aromatic rings. The van der Waals surface area contributed by atoms with Crippen molar-refractivity contribution >= 4 is 35.6 Å². The van der Waals surface area contributed by atoms with Gasteiger partial charge in [-0.2, -0.15) is 0 Å². The van der Waals surface area contributed by atoms with Gasteiger partial charge >= 0.3 is 11.9 Å². The van der Waals surface area contributed by atoms with Crippen molar-refractivity contribution in [1.82, 2.24) is 9.80 Å². The topological polar surface area (TPSA) is 208 Å². The van der Waals surface area contributed by atoms with Gasteiger partial charge < -0.3 is 29.9 Å². The molecule has 4 amide bonds. The number of nitrogens with zero attached hydrogens (tertiary/aromatic N) is 2. The molecule has 0 bridgehead atoms. The van der Waals surface area contributed by atoms with Crippen molar-refractivity contribution in [3.63, 3.8) is 0 Å². The molecule has 2 heterocycles. The molecule has 14 heteroatoms. The Morgan fingerprint density at radius 3 is 1.42 bits per heavy atom. The van der Waals surface area contributed by atoms with Crippen LogP contribution in [-0.2, 0) is 38.2 Å². The number of allylic oxidation sites excluding steroid dienone is 6. The van der Waals surface area contributed by atoms with Crippen LogP contribution in [0.4, 0.5) is 0 Å². The van der Waals surface area contributed by atoms with Crippen molar-refractivity contribution in [2.24, 2.45) is 23.7 Å². The molecule has 4 N–H and O–H groups in total. The Bertz CT molecular complexity index is 1430. The van der Waals surface area contributed by atoms with Gasteiger partial charge in [-0.05, 0) is 63.2 Å². The lowest BCUT2D eigenvalue weighted by atomic mass is 9.85. The molecule has 2 saturated heterocycles. The first kappa shape index (κ1) is 60.3. The minimum atomic E-state index is -0.313. The second-order valence-electron chi connectivity index (χ2n) is 17.6. The van der Waals surface area contributed by atoms with Gasteiger partial charge in [0, 0.05) is 25.7 Å². The maximum atomic E-state index is 12.8. The van der Waals surface area contributed by atoms with Crippen LogP contribution in [0, 0.1) is 23.7 Å². The van der Waals surface area contributed by atoms with Gasteiger partial charge in [0.2, 0.25) is 23.6 Å². The number of imide groups is 2. The van der Waals surface area contributed by atoms with Crippen molar-refractivity contribution in [1.29, 1.82) is 0 Å². The number of rotatable bonds is 39. The van der Waals surface area contributed by atoms with Gasteiger partial charge in [0.05, 0.1) is 51.4 Å². The van der Waals surface area contributed by atoms with Crippen LogP contribution in [0.3, 0.4) is 0 Å². The molecule has 0 spiro atoms. The van der Waals surface area contributed by atoms with Gasteiger partial charge in [0.25, 0.3) is 0 Å². The summed E-state index contributed by atoms with van der Waals surface area (Å²) in [6, 6.07) is 0. The number of carbonyl (C=O) groups excluding carboxylic acids is 6. The molecule has 0 aromatic carbocycles. The highest BCUT2D eigenvalue weighted by molar-refractivity contribution is 6.04. The molecule has 0 aliphatic carbocycles. The molecule has 14 nitrogen and oxygen atoms in total. The summed E-state index contributed by atoms with van der Waals surface area (Å²) in [6.45, 7) is 4.02. The minimum absolute atomic E-state index is 0.0467. The third-order valence-corrected chi connectivity index (χ3v) is 12.2. The molecule has 4 unspecified atom stereocenters. The van der Waals surface area contributed by atoms with Crippen molar-refractivity contribution in [3.05, 3.63) is 36.5 Å². The minimum Gasteiger partial charge on any atom is -0.463 e. The van der Waals surface area contributed by atoms with E-state index < -0.39 is 0 Å². The molecule has 2 aliphatic heterocycles. The Labute approximate surface area is 396 Å². The van der Waals surface area contributed by atoms with Crippen molar-refractivity contribution < 1.29 is 58.7 Å². The van der Waals surface area contributed by atoms with Crippen LogP contribution in [0.1, 0.15) is 181 Å². The molecular formula is C52H88N2O12. The van der Waals surface area contributed by atoms with Crippen LogP contribution in [0.2, 0.25) is 0 Å². The molecule has 378 valence electrons. The predicted octanol–water partition coefficient (Wildman–Crippen LogP) is 8.08. The first-order valence-corrected chi connectivity index (χ1v) is 25.5. The smallest absolute Gasteiger partial charge is 0.305 e. The molecule has 0 saturated carbocycles. The number of carbonyl (C=O) groups is 6. The molecule has 2 fully saturated rings. The Hall–Kier alpha value is -3.72. The number of hydrogen-bond acceptors (Lipinski definition) is 12. The van der Waals surface area contributed by atoms with Crippen molar-refractivity contribution in [3.8, 4) is 0 Å². The fourth-order valence-electron chi connectivity index (χ4n) is 8.47. The molecule has 0 radical (unpaired) electrons. The molecule has 0 aromatic heterocycles. The number of unbranched alkanes of at least 4 members (excludes halogenated alkanes) is 16. The first-order valence-electron chi connectivity index (χ1n) is 25.5. The third-order valence-electron chi connectivity index (χ3n) is 12.2. The lowest BCUT2D eigenvalue weighted by Crippen LogP contribution is -2.34. The average molecular weight is 933 g/mol. The molecule has 2 aliphatic rings. The number of hydrogen-bond donors (Lipinski definition) is 4. The first-order chi connectivity index (χ1) is 32.1. The lowest BCUT2D eigenvalue weighted by molar-refractivity contribution is -0.145. The number of β-amino-alcohol motifs (C(OH)–C–C–N with tert-alkyl or cyclic N) is 2. The van der Waals surface area contributed by atoms with Crippen LogP contribution in [0.25, 0.3) is 0 Å². The summed E-state index contributed by atoms with van der Waals surface area (Å²) >= 11 is 0. The summed E-state index contributed by atoms with van der Waals surface area (Å²) in [5.41, 5.74) is 0.